The maximum absolute atomic E-state index is 11.0. The van der Waals surface area contributed by atoms with Crippen molar-refractivity contribution in [2.45, 2.75) is 25.9 Å². The molecule has 1 heterocycles. The number of nitro benzene ring substituents is 1. The molecule has 21 heavy (non-hydrogen) atoms. The number of non-ortho nitro benzene ring substituents is 1. The Kier molecular flexibility index (Phi) is 4.49. The van der Waals surface area contributed by atoms with Gasteiger partial charge in [-0.1, -0.05) is 0 Å². The Labute approximate surface area is 125 Å². The van der Waals surface area contributed by atoms with Gasteiger partial charge in [0.25, 0.3) is 5.69 Å². The minimum atomic E-state index is -0.336. The summed E-state index contributed by atoms with van der Waals surface area (Å²) < 4.78 is 0. The lowest BCUT2D eigenvalue weighted by Crippen LogP contribution is -2.57. The molecule has 1 fully saturated rings. The molecule has 6 heteroatoms. The van der Waals surface area contributed by atoms with Gasteiger partial charge in [-0.2, -0.15) is 0 Å². The van der Waals surface area contributed by atoms with Crippen LogP contribution in [0.3, 0.4) is 0 Å². The van der Waals surface area contributed by atoms with Crippen LogP contribution < -0.4 is 5.32 Å². The minimum Gasteiger partial charge on any atom is -0.388 e. The van der Waals surface area contributed by atoms with Crippen molar-refractivity contribution >= 4 is 11.4 Å². The van der Waals surface area contributed by atoms with Gasteiger partial charge in [0.2, 0.25) is 0 Å². The van der Waals surface area contributed by atoms with Crippen LogP contribution in [0.25, 0.3) is 0 Å². The Bertz CT molecular complexity index is 530. The molecular weight excluding hydrogens is 268 g/mol. The van der Waals surface area contributed by atoms with Crippen LogP contribution >= 0.6 is 0 Å². The van der Waals surface area contributed by atoms with Crippen molar-refractivity contribution in [3.05, 3.63) is 33.9 Å². The van der Waals surface area contributed by atoms with E-state index in [9.17, 15) is 10.1 Å². The van der Waals surface area contributed by atoms with Crippen LogP contribution in [0.15, 0.2) is 18.2 Å². The predicted molar refractivity (Wildman–Crippen MR) is 84.6 cm³/mol. The van der Waals surface area contributed by atoms with E-state index in [4.69, 9.17) is 0 Å². The smallest absolute Gasteiger partial charge is 0.269 e. The third-order valence-corrected chi connectivity index (χ3v) is 4.36. The lowest BCUT2D eigenvalue weighted by atomic mass is 9.99. The maximum Gasteiger partial charge on any atom is 0.269 e. The average Bonchev–Trinajstić information content (AvgIpc) is 2.42. The van der Waals surface area contributed by atoms with E-state index >= 15 is 0 Å². The summed E-state index contributed by atoms with van der Waals surface area (Å²) in [6, 6.07) is 5.01. The number of nitrogens with one attached hydrogen (secondary N) is 1. The second-order valence-corrected chi connectivity index (χ2v) is 6.29. The zero-order chi connectivity index (χ0) is 15.6. The molecule has 0 aromatic heterocycles. The van der Waals surface area contributed by atoms with Crippen molar-refractivity contribution < 1.29 is 4.92 Å². The number of likely N-dealkylation sites (N-methyl/N-ethyl adjacent to an activating group) is 1. The Morgan fingerprint density at radius 1 is 1.38 bits per heavy atom. The van der Waals surface area contributed by atoms with Gasteiger partial charge in [-0.15, -0.1) is 0 Å². The topological polar surface area (TPSA) is 61.7 Å². The fraction of sp³-hybridized carbons (Fsp3) is 0.600. The molecule has 1 aliphatic heterocycles. The van der Waals surface area contributed by atoms with Gasteiger partial charge < -0.3 is 5.32 Å². The van der Waals surface area contributed by atoms with E-state index < -0.39 is 0 Å². The third-order valence-electron chi connectivity index (χ3n) is 4.36. The van der Waals surface area contributed by atoms with Gasteiger partial charge in [-0.05, 0) is 32.5 Å². The molecule has 0 amide bonds. The number of anilines is 1. The molecule has 116 valence electrons. The summed E-state index contributed by atoms with van der Waals surface area (Å²) in [6.07, 6.45) is 0. The van der Waals surface area contributed by atoms with Crippen molar-refractivity contribution in [1.82, 2.24) is 9.80 Å². The van der Waals surface area contributed by atoms with Crippen molar-refractivity contribution in [3.8, 4) is 0 Å². The molecule has 0 saturated carbocycles. The van der Waals surface area contributed by atoms with Crippen LogP contribution in [0, 0.1) is 10.1 Å². The van der Waals surface area contributed by atoms with Crippen LogP contribution in [0.2, 0.25) is 0 Å². The summed E-state index contributed by atoms with van der Waals surface area (Å²) >= 11 is 0. The first-order valence-electron chi connectivity index (χ1n) is 7.22. The highest BCUT2D eigenvalue weighted by Gasteiger charge is 2.31. The Morgan fingerprint density at radius 3 is 2.67 bits per heavy atom. The number of hydrogen-bond acceptors (Lipinski definition) is 5. The van der Waals surface area contributed by atoms with Crippen LogP contribution in [0.4, 0.5) is 11.4 Å². The molecule has 0 atom stereocenters. The molecule has 6 nitrogen and oxygen atoms in total. The largest absolute Gasteiger partial charge is 0.388 e. The summed E-state index contributed by atoms with van der Waals surface area (Å²) in [4.78, 5) is 15.3. The fourth-order valence-corrected chi connectivity index (χ4v) is 2.79. The van der Waals surface area contributed by atoms with Gasteiger partial charge in [0.1, 0.15) is 0 Å². The molecule has 0 radical (unpaired) electrons. The zero-order valence-electron chi connectivity index (χ0n) is 13.2. The fourth-order valence-electron chi connectivity index (χ4n) is 2.79. The molecule has 0 bridgehead atoms. The summed E-state index contributed by atoms with van der Waals surface area (Å²) in [7, 11) is 3.99. The molecule has 0 spiro atoms. The van der Waals surface area contributed by atoms with Crippen LogP contribution in [-0.2, 0) is 6.54 Å². The number of hydrogen-bond donors (Lipinski definition) is 1. The van der Waals surface area contributed by atoms with E-state index in [1.807, 2.05) is 7.05 Å². The lowest BCUT2D eigenvalue weighted by Gasteiger charge is -2.45. The Morgan fingerprint density at radius 2 is 2.10 bits per heavy atom. The van der Waals surface area contributed by atoms with E-state index in [2.05, 4.69) is 36.0 Å². The van der Waals surface area contributed by atoms with Crippen LogP contribution in [0.1, 0.15) is 19.4 Å². The normalized spacial score (nSPS) is 19.4. The minimum absolute atomic E-state index is 0.124. The number of nitrogens with zero attached hydrogens (tertiary/aromatic N) is 3. The van der Waals surface area contributed by atoms with Gasteiger partial charge in [0.15, 0.2) is 0 Å². The molecule has 1 saturated heterocycles. The zero-order valence-corrected chi connectivity index (χ0v) is 13.2. The second kappa shape index (κ2) is 5.99. The van der Waals surface area contributed by atoms with E-state index in [1.165, 1.54) is 0 Å². The number of nitro groups is 1. The van der Waals surface area contributed by atoms with Gasteiger partial charge in [0, 0.05) is 56.6 Å². The molecule has 1 aliphatic rings. The number of rotatable bonds is 4. The molecule has 0 aliphatic carbocycles. The lowest BCUT2D eigenvalue weighted by molar-refractivity contribution is -0.384. The van der Waals surface area contributed by atoms with Crippen LogP contribution in [-0.4, -0.2) is 54.0 Å². The Hall–Kier alpha value is -1.66. The molecule has 0 unspecified atom stereocenters. The predicted octanol–water partition coefficient (Wildman–Crippen LogP) is 2.16. The van der Waals surface area contributed by atoms with Crippen molar-refractivity contribution in [2.75, 3.05) is 39.0 Å². The summed E-state index contributed by atoms with van der Waals surface area (Å²) in [5.74, 6) is 0. The molecular formula is C15H24N4O2. The van der Waals surface area contributed by atoms with Gasteiger partial charge in [-0.25, -0.2) is 0 Å². The molecule has 1 aromatic rings. The van der Waals surface area contributed by atoms with Gasteiger partial charge >= 0.3 is 0 Å². The van der Waals surface area contributed by atoms with Crippen molar-refractivity contribution in [3.63, 3.8) is 0 Å². The summed E-state index contributed by atoms with van der Waals surface area (Å²) in [5.41, 5.74) is 2.21. The first-order chi connectivity index (χ1) is 9.83. The second-order valence-electron chi connectivity index (χ2n) is 6.29. The SMILES string of the molecule is CNc1ccc([N+](=O)[O-])cc1CN1CCN(C)C(C)(C)C1. The average molecular weight is 292 g/mol. The quantitative estimate of drug-likeness (QED) is 0.680. The standard InChI is InChI=1S/C15H24N4O2/c1-15(2)11-18(8-7-17(15)4)10-12-9-13(19(20)21)5-6-14(12)16-3/h5-6,9,16H,7-8,10-11H2,1-4H3. The van der Waals surface area contributed by atoms with Crippen molar-refractivity contribution in [1.29, 1.82) is 0 Å². The Balaban J connectivity index is 2.18. The number of benzene rings is 1. The first kappa shape index (κ1) is 15.7. The highest BCUT2D eigenvalue weighted by atomic mass is 16.6. The molecule has 1 N–H and O–H groups in total. The highest BCUT2D eigenvalue weighted by Crippen LogP contribution is 2.26. The summed E-state index contributed by atoms with van der Waals surface area (Å²) in [5, 5.41) is 14.1. The third kappa shape index (κ3) is 3.51. The van der Waals surface area contributed by atoms with Gasteiger partial charge in [0.05, 0.1) is 4.92 Å². The van der Waals surface area contributed by atoms with E-state index in [1.54, 1.807) is 18.2 Å². The monoisotopic (exact) mass is 292 g/mol. The van der Waals surface area contributed by atoms with Crippen LogP contribution in [0.5, 0.6) is 0 Å². The van der Waals surface area contributed by atoms with E-state index in [-0.39, 0.29) is 16.1 Å². The highest BCUT2D eigenvalue weighted by molar-refractivity contribution is 5.55. The first-order valence-corrected chi connectivity index (χ1v) is 7.22. The molecule has 1 aromatic carbocycles. The number of piperazine rings is 1. The summed E-state index contributed by atoms with van der Waals surface area (Å²) in [6.45, 7) is 8.13. The van der Waals surface area contributed by atoms with Crippen molar-refractivity contribution in [2.24, 2.45) is 0 Å². The van der Waals surface area contributed by atoms with E-state index in [0.717, 1.165) is 37.4 Å². The van der Waals surface area contributed by atoms with Gasteiger partial charge in [-0.3, -0.25) is 19.9 Å². The maximum atomic E-state index is 11.0. The molecule has 2 rings (SSSR count). The van der Waals surface area contributed by atoms with E-state index in [0.29, 0.717) is 0 Å².